The number of nitrogens with zero attached hydrogens (tertiary/aromatic N) is 1. The summed E-state index contributed by atoms with van der Waals surface area (Å²) in [5.41, 5.74) is 3.87. The Labute approximate surface area is 157 Å². The minimum Gasteiger partial charge on any atom is -0.508 e. The third kappa shape index (κ3) is 5.52. The lowest BCUT2D eigenvalue weighted by Crippen LogP contribution is -2.46. The van der Waals surface area contributed by atoms with Gasteiger partial charge in [-0.2, -0.15) is 0 Å². The Balaban J connectivity index is 1.56. The molecular formula is C20H21N3O4. The average molecular weight is 367 g/mol. The number of hydrogen-bond donors (Lipinski definition) is 4. The van der Waals surface area contributed by atoms with Crippen molar-refractivity contribution in [2.45, 2.75) is 12.5 Å². The van der Waals surface area contributed by atoms with Gasteiger partial charge in [0.15, 0.2) is 0 Å². The molecule has 0 fully saturated rings. The largest absolute Gasteiger partial charge is 0.508 e. The number of phenols is 1. The topological polar surface area (TPSA) is 94.1 Å². The van der Waals surface area contributed by atoms with Crippen LogP contribution in [0.3, 0.4) is 0 Å². The number of carboxylic acids is 1. The van der Waals surface area contributed by atoms with E-state index < -0.39 is 12.0 Å². The number of carboxylic acid groups (broad SMARTS) is 1. The van der Waals surface area contributed by atoms with E-state index >= 15 is 0 Å². The van der Waals surface area contributed by atoms with Gasteiger partial charge in [-0.3, -0.25) is 15.1 Å². The number of hydrazine groups is 1. The zero-order valence-electron chi connectivity index (χ0n) is 14.6. The normalized spacial score (nSPS) is 13.9. The third-order valence-electron chi connectivity index (χ3n) is 3.96. The minimum absolute atomic E-state index is 0.177. The standard InChI is InChI=1S/C20H21N3O4/c24-16-5-9-18(10-6-16)27-17-7-3-15(4-8-17)13-19(20(25)26)21-14-23-12-2-1-11-22-23/h1-12,19,21-22,24H,13-14H2,(H,25,26). The molecule has 0 aromatic heterocycles. The number of benzene rings is 2. The van der Waals surface area contributed by atoms with E-state index in [4.69, 9.17) is 4.74 Å². The second-order valence-electron chi connectivity index (χ2n) is 6.00. The molecule has 0 spiro atoms. The quantitative estimate of drug-likeness (QED) is 0.570. The number of phenolic OH excluding ortho intramolecular Hbond substituents is 1. The van der Waals surface area contributed by atoms with Crippen LogP contribution in [0.2, 0.25) is 0 Å². The number of hydrogen-bond acceptors (Lipinski definition) is 6. The van der Waals surface area contributed by atoms with Crippen LogP contribution in [-0.2, 0) is 11.2 Å². The minimum atomic E-state index is -0.907. The molecule has 2 aromatic carbocycles. The number of aliphatic carboxylic acids is 1. The summed E-state index contributed by atoms with van der Waals surface area (Å²) in [4.78, 5) is 11.5. The SMILES string of the molecule is O=C(O)C(Cc1ccc(Oc2ccc(O)cc2)cc1)NCN1C=CC=CN1. The second-order valence-corrected chi connectivity index (χ2v) is 6.00. The highest BCUT2D eigenvalue weighted by molar-refractivity contribution is 5.73. The number of rotatable bonds is 8. The molecule has 27 heavy (non-hydrogen) atoms. The first kappa shape index (κ1) is 18.3. The zero-order valence-corrected chi connectivity index (χ0v) is 14.6. The summed E-state index contributed by atoms with van der Waals surface area (Å²) < 4.78 is 5.70. The summed E-state index contributed by atoms with van der Waals surface area (Å²) >= 11 is 0. The Kier molecular flexibility index (Phi) is 5.96. The molecule has 0 radical (unpaired) electrons. The lowest BCUT2D eigenvalue weighted by atomic mass is 10.1. The van der Waals surface area contributed by atoms with Crippen LogP contribution in [0.5, 0.6) is 17.2 Å². The van der Waals surface area contributed by atoms with Crippen LogP contribution in [0, 0.1) is 0 Å². The molecule has 1 heterocycles. The van der Waals surface area contributed by atoms with Crippen LogP contribution in [0.25, 0.3) is 0 Å². The molecule has 140 valence electrons. The first-order chi connectivity index (χ1) is 13.1. The highest BCUT2D eigenvalue weighted by atomic mass is 16.5. The Morgan fingerprint density at radius 2 is 1.74 bits per heavy atom. The van der Waals surface area contributed by atoms with Crippen molar-refractivity contribution in [2.75, 3.05) is 6.67 Å². The van der Waals surface area contributed by atoms with Crippen molar-refractivity contribution in [1.29, 1.82) is 0 Å². The van der Waals surface area contributed by atoms with Crippen molar-refractivity contribution in [3.8, 4) is 17.2 Å². The van der Waals surface area contributed by atoms with E-state index in [2.05, 4.69) is 10.7 Å². The highest BCUT2D eigenvalue weighted by Gasteiger charge is 2.18. The summed E-state index contributed by atoms with van der Waals surface area (Å²) in [6.45, 7) is 0.361. The fourth-order valence-corrected chi connectivity index (χ4v) is 2.52. The summed E-state index contributed by atoms with van der Waals surface area (Å²) in [6.07, 6.45) is 7.65. The second kappa shape index (κ2) is 8.77. The Morgan fingerprint density at radius 3 is 2.33 bits per heavy atom. The van der Waals surface area contributed by atoms with Gasteiger partial charge in [0.1, 0.15) is 23.3 Å². The monoisotopic (exact) mass is 367 g/mol. The van der Waals surface area contributed by atoms with Gasteiger partial charge in [0, 0.05) is 12.4 Å². The summed E-state index contributed by atoms with van der Waals surface area (Å²) in [6, 6.07) is 13.0. The maximum absolute atomic E-state index is 11.5. The van der Waals surface area contributed by atoms with Crippen molar-refractivity contribution in [3.05, 3.63) is 78.6 Å². The van der Waals surface area contributed by atoms with Gasteiger partial charge in [0.2, 0.25) is 0 Å². The van der Waals surface area contributed by atoms with Gasteiger partial charge in [0.25, 0.3) is 0 Å². The van der Waals surface area contributed by atoms with E-state index in [1.807, 2.05) is 30.5 Å². The van der Waals surface area contributed by atoms with Crippen molar-refractivity contribution in [1.82, 2.24) is 15.8 Å². The van der Waals surface area contributed by atoms with Crippen molar-refractivity contribution in [2.24, 2.45) is 0 Å². The first-order valence-electron chi connectivity index (χ1n) is 8.48. The van der Waals surface area contributed by atoms with Crippen LogP contribution in [0.1, 0.15) is 5.56 Å². The Bertz CT molecular complexity index is 816. The number of allylic oxidation sites excluding steroid dienone is 2. The van der Waals surface area contributed by atoms with E-state index in [9.17, 15) is 15.0 Å². The average Bonchev–Trinajstić information content (AvgIpc) is 2.69. The van der Waals surface area contributed by atoms with Crippen LogP contribution in [0.15, 0.2) is 73.1 Å². The van der Waals surface area contributed by atoms with Crippen molar-refractivity contribution < 1.29 is 19.7 Å². The lowest BCUT2D eigenvalue weighted by molar-refractivity contribution is -0.139. The maximum atomic E-state index is 11.5. The van der Waals surface area contributed by atoms with E-state index in [0.29, 0.717) is 24.6 Å². The fraction of sp³-hybridized carbons (Fsp3) is 0.150. The predicted molar refractivity (Wildman–Crippen MR) is 101 cm³/mol. The van der Waals surface area contributed by atoms with Crippen LogP contribution in [-0.4, -0.2) is 33.9 Å². The van der Waals surface area contributed by atoms with E-state index in [1.165, 1.54) is 0 Å². The maximum Gasteiger partial charge on any atom is 0.321 e. The fourth-order valence-electron chi connectivity index (χ4n) is 2.52. The summed E-state index contributed by atoms with van der Waals surface area (Å²) in [5, 5.41) is 23.5. The Morgan fingerprint density at radius 1 is 1.07 bits per heavy atom. The van der Waals surface area contributed by atoms with Gasteiger partial charge in [0.05, 0.1) is 6.67 Å². The number of nitrogens with one attached hydrogen (secondary N) is 2. The molecule has 2 aromatic rings. The van der Waals surface area contributed by atoms with E-state index in [1.54, 1.807) is 47.6 Å². The molecule has 0 saturated carbocycles. The Hall–Kier alpha value is -3.45. The molecule has 7 nitrogen and oxygen atoms in total. The van der Waals surface area contributed by atoms with Gasteiger partial charge < -0.3 is 20.4 Å². The van der Waals surface area contributed by atoms with Crippen LogP contribution < -0.4 is 15.5 Å². The zero-order chi connectivity index (χ0) is 19.1. The molecule has 1 atom stereocenters. The molecule has 3 rings (SSSR count). The van der Waals surface area contributed by atoms with Gasteiger partial charge in [-0.25, -0.2) is 0 Å². The number of ether oxygens (including phenoxy) is 1. The first-order valence-corrected chi connectivity index (χ1v) is 8.48. The summed E-state index contributed by atoms with van der Waals surface area (Å²) in [7, 11) is 0. The van der Waals surface area contributed by atoms with Crippen LogP contribution >= 0.6 is 0 Å². The predicted octanol–water partition coefficient (Wildman–Crippen LogP) is 2.57. The molecule has 0 bridgehead atoms. The smallest absolute Gasteiger partial charge is 0.321 e. The van der Waals surface area contributed by atoms with E-state index in [-0.39, 0.29) is 5.75 Å². The highest BCUT2D eigenvalue weighted by Crippen LogP contribution is 2.23. The molecule has 1 aliphatic heterocycles. The third-order valence-corrected chi connectivity index (χ3v) is 3.96. The molecule has 0 saturated heterocycles. The van der Waals surface area contributed by atoms with Crippen molar-refractivity contribution >= 4 is 5.97 Å². The van der Waals surface area contributed by atoms with Gasteiger partial charge in [-0.15, -0.1) is 0 Å². The number of aromatic hydroxyl groups is 1. The molecular weight excluding hydrogens is 346 g/mol. The molecule has 7 heteroatoms. The molecule has 1 aliphatic rings. The van der Waals surface area contributed by atoms with Crippen molar-refractivity contribution in [3.63, 3.8) is 0 Å². The molecule has 0 aliphatic carbocycles. The van der Waals surface area contributed by atoms with Gasteiger partial charge in [-0.1, -0.05) is 12.1 Å². The van der Waals surface area contributed by atoms with Gasteiger partial charge >= 0.3 is 5.97 Å². The molecule has 4 N–H and O–H groups in total. The number of carbonyl (C=O) groups is 1. The van der Waals surface area contributed by atoms with E-state index in [0.717, 1.165) is 5.56 Å². The van der Waals surface area contributed by atoms with Crippen LogP contribution in [0.4, 0.5) is 0 Å². The molecule has 1 unspecified atom stereocenters. The lowest BCUT2D eigenvalue weighted by Gasteiger charge is -2.24. The summed E-state index contributed by atoms with van der Waals surface area (Å²) in [5.74, 6) is 0.521. The van der Waals surface area contributed by atoms with Gasteiger partial charge in [-0.05, 0) is 60.5 Å². The molecule has 0 amide bonds.